The Labute approximate surface area is 128 Å². The lowest BCUT2D eigenvalue weighted by Gasteiger charge is -2.16. The van der Waals surface area contributed by atoms with E-state index in [0.29, 0.717) is 12.0 Å². The number of likely N-dealkylation sites (N-methyl/N-ethyl adjacent to an activating group) is 1. The number of hydrogen-bond donors (Lipinski definition) is 1. The molecule has 0 bridgehead atoms. The van der Waals surface area contributed by atoms with E-state index in [1.54, 1.807) is 0 Å². The summed E-state index contributed by atoms with van der Waals surface area (Å²) in [6.07, 6.45) is 4.16. The molecule has 3 unspecified atom stereocenters. The number of aromatic nitrogens is 1. The molecular weight excluding hydrogens is 312 g/mol. The van der Waals surface area contributed by atoms with Crippen LogP contribution >= 0.6 is 15.9 Å². The van der Waals surface area contributed by atoms with Gasteiger partial charge in [0.1, 0.15) is 0 Å². The first-order valence-corrected chi connectivity index (χ1v) is 7.90. The van der Waals surface area contributed by atoms with Gasteiger partial charge in [-0.05, 0) is 58.9 Å². The Morgan fingerprint density at radius 1 is 1.25 bits per heavy atom. The molecule has 3 atom stereocenters. The summed E-state index contributed by atoms with van der Waals surface area (Å²) in [4.78, 5) is 4.49. The van der Waals surface area contributed by atoms with Crippen molar-refractivity contribution in [2.45, 2.75) is 24.8 Å². The first kappa shape index (κ1) is 13.8. The zero-order valence-corrected chi connectivity index (χ0v) is 13.2. The van der Waals surface area contributed by atoms with Gasteiger partial charge in [-0.3, -0.25) is 4.98 Å². The zero-order valence-electron chi connectivity index (χ0n) is 11.6. The van der Waals surface area contributed by atoms with E-state index in [4.69, 9.17) is 0 Å². The summed E-state index contributed by atoms with van der Waals surface area (Å²) >= 11 is 3.43. The number of benzene rings is 1. The molecule has 104 valence electrons. The van der Waals surface area contributed by atoms with Gasteiger partial charge >= 0.3 is 0 Å². The van der Waals surface area contributed by atoms with Crippen molar-refractivity contribution in [1.29, 1.82) is 0 Å². The van der Waals surface area contributed by atoms with E-state index in [1.807, 2.05) is 6.20 Å². The lowest BCUT2D eigenvalue weighted by Crippen LogP contribution is -2.30. The summed E-state index contributed by atoms with van der Waals surface area (Å²) in [5, 5.41) is 3.48. The van der Waals surface area contributed by atoms with E-state index in [2.05, 4.69) is 75.7 Å². The molecule has 0 aliphatic heterocycles. The second-order valence-electron chi connectivity index (χ2n) is 5.48. The molecule has 0 spiro atoms. The summed E-state index contributed by atoms with van der Waals surface area (Å²) in [6, 6.07) is 15.5. The number of nitrogens with one attached hydrogen (secondary N) is 1. The van der Waals surface area contributed by atoms with Crippen LogP contribution in [-0.2, 0) is 6.42 Å². The number of pyridine rings is 1. The van der Waals surface area contributed by atoms with Crippen molar-refractivity contribution in [2.75, 3.05) is 7.05 Å². The molecule has 0 radical (unpaired) electrons. The van der Waals surface area contributed by atoms with E-state index in [9.17, 15) is 0 Å². The molecule has 20 heavy (non-hydrogen) atoms. The first-order valence-electron chi connectivity index (χ1n) is 7.10. The fourth-order valence-corrected chi connectivity index (χ4v) is 3.20. The van der Waals surface area contributed by atoms with Crippen molar-refractivity contribution >= 4 is 15.9 Å². The van der Waals surface area contributed by atoms with Gasteiger partial charge in [0.2, 0.25) is 0 Å². The van der Waals surface area contributed by atoms with Crippen LogP contribution in [0.15, 0.2) is 53.1 Å². The van der Waals surface area contributed by atoms with Gasteiger partial charge in [0, 0.05) is 28.8 Å². The molecule has 1 heterocycles. The van der Waals surface area contributed by atoms with E-state index < -0.39 is 0 Å². The lowest BCUT2D eigenvalue weighted by atomic mass is 10.0. The normalized spacial score (nSPS) is 22.5. The second-order valence-corrected chi connectivity index (χ2v) is 6.40. The van der Waals surface area contributed by atoms with Gasteiger partial charge in [0.05, 0.1) is 0 Å². The minimum Gasteiger partial charge on any atom is -0.316 e. The fourth-order valence-electron chi connectivity index (χ4n) is 2.96. The van der Waals surface area contributed by atoms with Crippen molar-refractivity contribution in [3.63, 3.8) is 0 Å². The highest BCUT2D eigenvalue weighted by Crippen LogP contribution is 2.49. The van der Waals surface area contributed by atoms with Crippen LogP contribution < -0.4 is 5.32 Å². The molecule has 2 aromatic rings. The maximum atomic E-state index is 4.49. The molecule has 1 N–H and O–H groups in total. The Balaban J connectivity index is 1.65. The van der Waals surface area contributed by atoms with Crippen molar-refractivity contribution in [3.05, 3.63) is 64.4 Å². The molecule has 2 nitrogen and oxygen atoms in total. The van der Waals surface area contributed by atoms with Crippen LogP contribution in [0.1, 0.15) is 23.6 Å². The van der Waals surface area contributed by atoms with Crippen LogP contribution in [0.3, 0.4) is 0 Å². The fraction of sp³-hybridized carbons (Fsp3) is 0.353. The Kier molecular flexibility index (Phi) is 4.18. The summed E-state index contributed by atoms with van der Waals surface area (Å²) in [5.41, 5.74) is 2.63. The highest BCUT2D eigenvalue weighted by atomic mass is 79.9. The van der Waals surface area contributed by atoms with E-state index in [1.165, 1.54) is 12.0 Å². The molecule has 3 rings (SSSR count). The number of halogens is 1. The standard InChI is InChI=1S/C17H19BrN2/c1-19-17(9-14-8-7-13(18)11-20-14)16-10-15(16)12-5-3-2-4-6-12/h2-8,11,15-17,19H,9-10H2,1H3. The van der Waals surface area contributed by atoms with Gasteiger partial charge in [-0.25, -0.2) is 0 Å². The Morgan fingerprint density at radius 3 is 2.70 bits per heavy atom. The third-order valence-corrected chi connectivity index (χ3v) is 4.64. The van der Waals surface area contributed by atoms with Gasteiger partial charge in [-0.1, -0.05) is 30.3 Å². The van der Waals surface area contributed by atoms with E-state index in [0.717, 1.165) is 22.5 Å². The van der Waals surface area contributed by atoms with Gasteiger partial charge < -0.3 is 5.32 Å². The van der Waals surface area contributed by atoms with Crippen LogP contribution in [0.25, 0.3) is 0 Å². The molecule has 1 aliphatic carbocycles. The van der Waals surface area contributed by atoms with Crippen LogP contribution in [-0.4, -0.2) is 18.1 Å². The topological polar surface area (TPSA) is 24.9 Å². The molecule has 0 amide bonds. The Hall–Kier alpha value is -1.19. The highest BCUT2D eigenvalue weighted by molar-refractivity contribution is 9.10. The zero-order chi connectivity index (χ0) is 13.9. The summed E-state index contributed by atoms with van der Waals surface area (Å²) < 4.78 is 1.04. The van der Waals surface area contributed by atoms with Gasteiger partial charge in [0.15, 0.2) is 0 Å². The molecule has 0 saturated heterocycles. The van der Waals surface area contributed by atoms with Crippen LogP contribution in [0, 0.1) is 5.92 Å². The number of rotatable bonds is 5. The smallest absolute Gasteiger partial charge is 0.0420 e. The van der Waals surface area contributed by atoms with Crippen molar-refractivity contribution in [2.24, 2.45) is 5.92 Å². The van der Waals surface area contributed by atoms with Gasteiger partial charge in [0.25, 0.3) is 0 Å². The van der Waals surface area contributed by atoms with Crippen molar-refractivity contribution < 1.29 is 0 Å². The number of nitrogens with zero attached hydrogens (tertiary/aromatic N) is 1. The third kappa shape index (κ3) is 3.10. The predicted molar refractivity (Wildman–Crippen MR) is 85.8 cm³/mol. The third-order valence-electron chi connectivity index (χ3n) is 4.17. The van der Waals surface area contributed by atoms with Crippen LogP contribution in [0.4, 0.5) is 0 Å². The maximum absolute atomic E-state index is 4.49. The quantitative estimate of drug-likeness (QED) is 0.902. The summed E-state index contributed by atoms with van der Waals surface area (Å²) in [5.74, 6) is 1.44. The molecule has 1 aliphatic rings. The monoisotopic (exact) mass is 330 g/mol. The van der Waals surface area contributed by atoms with E-state index >= 15 is 0 Å². The predicted octanol–water partition coefficient (Wildman–Crippen LogP) is 3.78. The minimum absolute atomic E-state index is 0.508. The molecule has 1 fully saturated rings. The average Bonchev–Trinajstić information content (AvgIpc) is 3.28. The molecule has 1 aromatic heterocycles. The van der Waals surface area contributed by atoms with Gasteiger partial charge in [-0.2, -0.15) is 0 Å². The number of hydrogen-bond acceptors (Lipinski definition) is 2. The minimum atomic E-state index is 0.508. The summed E-state index contributed by atoms with van der Waals surface area (Å²) in [7, 11) is 2.06. The molecule has 1 saturated carbocycles. The lowest BCUT2D eigenvalue weighted by molar-refractivity contribution is 0.486. The van der Waals surface area contributed by atoms with Gasteiger partial charge in [-0.15, -0.1) is 0 Å². The highest BCUT2D eigenvalue weighted by Gasteiger charge is 2.43. The molecular formula is C17H19BrN2. The average molecular weight is 331 g/mol. The largest absolute Gasteiger partial charge is 0.316 e. The van der Waals surface area contributed by atoms with E-state index in [-0.39, 0.29) is 0 Å². The van der Waals surface area contributed by atoms with Crippen LogP contribution in [0.2, 0.25) is 0 Å². The molecule has 1 aromatic carbocycles. The Bertz CT molecular complexity index is 553. The SMILES string of the molecule is CNC(Cc1ccc(Br)cn1)C1CC1c1ccccc1. The summed E-state index contributed by atoms with van der Waals surface area (Å²) in [6.45, 7) is 0. The van der Waals surface area contributed by atoms with Crippen molar-refractivity contribution in [3.8, 4) is 0 Å². The molecule has 3 heteroatoms. The second kappa shape index (κ2) is 6.06. The maximum Gasteiger partial charge on any atom is 0.0420 e. The van der Waals surface area contributed by atoms with Crippen molar-refractivity contribution in [1.82, 2.24) is 10.3 Å². The first-order chi connectivity index (χ1) is 9.78. The Morgan fingerprint density at radius 2 is 2.05 bits per heavy atom. The van der Waals surface area contributed by atoms with Crippen LogP contribution in [0.5, 0.6) is 0 Å².